The fourth-order valence-electron chi connectivity index (χ4n) is 3.99. The van der Waals surface area contributed by atoms with Crippen molar-refractivity contribution in [2.24, 2.45) is 4.99 Å². The van der Waals surface area contributed by atoms with Gasteiger partial charge in [0.05, 0.1) is 30.5 Å². The van der Waals surface area contributed by atoms with Crippen LogP contribution in [0.4, 0.5) is 24.5 Å². The highest BCUT2D eigenvalue weighted by Crippen LogP contribution is 2.34. The number of anilines is 2. The van der Waals surface area contributed by atoms with Crippen molar-refractivity contribution < 1.29 is 27.5 Å². The van der Waals surface area contributed by atoms with Crippen LogP contribution in [0.1, 0.15) is 12.0 Å². The Bertz CT molecular complexity index is 1100. The Hall–Kier alpha value is -3.76. The molecule has 180 valence electrons. The summed E-state index contributed by atoms with van der Waals surface area (Å²) in [5, 5.41) is 4.97. The monoisotopic (exact) mass is 475 g/mol. The number of benzene rings is 2. The van der Waals surface area contributed by atoms with Gasteiger partial charge in [-0.25, -0.2) is 4.99 Å². The van der Waals surface area contributed by atoms with Gasteiger partial charge in [-0.3, -0.25) is 14.9 Å². The number of amides is 2. The standard InChI is InChI=1S/C23H24F3N5O3/c1-34-19-9-5-4-8-18(19)30-10-12-31(13-11-30)22-28-17(14-20(32)29-22)21(33)27-16-7-3-2-6-15(16)23(24,25)26/h2-9,17H,10-14H2,1H3,(H,27,33)(H,28,29,32). The van der Waals surface area contributed by atoms with Crippen LogP contribution in [0.2, 0.25) is 0 Å². The fraction of sp³-hybridized carbons (Fsp3) is 0.348. The molecule has 0 saturated carbocycles. The van der Waals surface area contributed by atoms with Crippen LogP contribution < -0.4 is 20.3 Å². The third-order valence-corrected chi connectivity index (χ3v) is 5.71. The lowest BCUT2D eigenvalue weighted by molar-refractivity contribution is -0.137. The van der Waals surface area contributed by atoms with Crippen molar-refractivity contribution in [3.8, 4) is 5.75 Å². The molecule has 0 bridgehead atoms. The summed E-state index contributed by atoms with van der Waals surface area (Å²) >= 11 is 0. The van der Waals surface area contributed by atoms with Crippen molar-refractivity contribution in [3.63, 3.8) is 0 Å². The average molecular weight is 475 g/mol. The molecule has 2 amide bonds. The summed E-state index contributed by atoms with van der Waals surface area (Å²) in [5.74, 6) is -0.173. The molecular formula is C23H24F3N5O3. The maximum Gasteiger partial charge on any atom is 0.418 e. The molecule has 1 saturated heterocycles. The Morgan fingerprint density at radius 3 is 2.41 bits per heavy atom. The number of ether oxygens (including phenoxy) is 1. The van der Waals surface area contributed by atoms with E-state index in [0.29, 0.717) is 26.2 Å². The minimum Gasteiger partial charge on any atom is -0.495 e. The van der Waals surface area contributed by atoms with Crippen LogP contribution >= 0.6 is 0 Å². The Labute approximate surface area is 194 Å². The summed E-state index contributed by atoms with van der Waals surface area (Å²) < 4.78 is 45.2. The zero-order chi connectivity index (χ0) is 24.3. The summed E-state index contributed by atoms with van der Waals surface area (Å²) in [6.45, 7) is 2.32. The topological polar surface area (TPSA) is 86.3 Å². The van der Waals surface area contributed by atoms with Crippen LogP contribution in [-0.2, 0) is 15.8 Å². The molecule has 0 aromatic heterocycles. The van der Waals surface area contributed by atoms with Crippen molar-refractivity contribution in [2.75, 3.05) is 43.5 Å². The molecule has 0 spiro atoms. The number of nitrogens with one attached hydrogen (secondary N) is 2. The first-order valence-electron chi connectivity index (χ1n) is 10.7. The third kappa shape index (κ3) is 5.08. The summed E-state index contributed by atoms with van der Waals surface area (Å²) in [6, 6.07) is 11.2. The van der Waals surface area contributed by atoms with Crippen LogP contribution in [0.5, 0.6) is 5.75 Å². The number of guanidine groups is 1. The highest BCUT2D eigenvalue weighted by atomic mass is 19.4. The van der Waals surface area contributed by atoms with E-state index in [2.05, 4.69) is 20.5 Å². The number of piperazine rings is 1. The van der Waals surface area contributed by atoms with Gasteiger partial charge in [-0.2, -0.15) is 13.2 Å². The molecule has 2 aromatic carbocycles. The van der Waals surface area contributed by atoms with Crippen molar-refractivity contribution in [2.45, 2.75) is 18.6 Å². The minimum atomic E-state index is -4.62. The van der Waals surface area contributed by atoms with Gasteiger partial charge in [0.2, 0.25) is 17.8 Å². The van der Waals surface area contributed by atoms with Gasteiger partial charge in [-0.1, -0.05) is 24.3 Å². The maximum atomic E-state index is 13.2. The van der Waals surface area contributed by atoms with E-state index in [0.717, 1.165) is 17.5 Å². The Morgan fingerprint density at radius 2 is 1.71 bits per heavy atom. The number of hydrogen-bond acceptors (Lipinski definition) is 6. The number of carbonyl (C=O) groups excluding carboxylic acids is 2. The molecule has 4 rings (SSSR count). The molecule has 2 N–H and O–H groups in total. The second-order valence-electron chi connectivity index (χ2n) is 7.90. The quantitative estimate of drug-likeness (QED) is 0.711. The van der Waals surface area contributed by atoms with Gasteiger partial charge in [-0.15, -0.1) is 0 Å². The van der Waals surface area contributed by atoms with E-state index in [9.17, 15) is 22.8 Å². The van der Waals surface area contributed by atoms with Gasteiger partial charge >= 0.3 is 6.18 Å². The number of para-hydroxylation sites is 3. The average Bonchev–Trinajstić information content (AvgIpc) is 2.83. The normalized spacial score (nSPS) is 18.8. The van der Waals surface area contributed by atoms with Gasteiger partial charge in [0, 0.05) is 26.2 Å². The lowest BCUT2D eigenvalue weighted by Crippen LogP contribution is -2.56. The Kier molecular flexibility index (Phi) is 6.62. The van der Waals surface area contributed by atoms with Crippen molar-refractivity contribution >= 4 is 29.1 Å². The highest BCUT2D eigenvalue weighted by molar-refractivity contribution is 6.06. The molecule has 0 radical (unpaired) electrons. The van der Waals surface area contributed by atoms with Crippen molar-refractivity contribution in [3.05, 3.63) is 54.1 Å². The third-order valence-electron chi connectivity index (χ3n) is 5.71. The van der Waals surface area contributed by atoms with E-state index in [4.69, 9.17) is 4.74 Å². The van der Waals surface area contributed by atoms with Crippen LogP contribution in [0.3, 0.4) is 0 Å². The van der Waals surface area contributed by atoms with E-state index in [1.807, 2.05) is 29.2 Å². The Balaban J connectivity index is 1.45. The molecule has 11 heteroatoms. The number of halogens is 3. The molecule has 2 aromatic rings. The van der Waals surface area contributed by atoms with Crippen LogP contribution in [-0.4, -0.2) is 62.0 Å². The number of carbonyl (C=O) groups is 2. The molecule has 1 unspecified atom stereocenters. The SMILES string of the molecule is COc1ccccc1N1CCN(C2=NC(C(=O)Nc3ccccc3C(F)(F)F)CC(=O)N2)CC1. The zero-order valence-corrected chi connectivity index (χ0v) is 18.4. The van der Waals surface area contributed by atoms with Crippen LogP contribution in [0.15, 0.2) is 53.5 Å². The molecule has 2 heterocycles. The summed E-state index contributed by atoms with van der Waals surface area (Å²) in [6.07, 6.45) is -4.87. The molecule has 8 nitrogen and oxygen atoms in total. The molecule has 34 heavy (non-hydrogen) atoms. The van der Waals surface area contributed by atoms with E-state index < -0.39 is 29.6 Å². The minimum absolute atomic E-state index is 0.245. The molecule has 1 fully saturated rings. The molecule has 1 atom stereocenters. The smallest absolute Gasteiger partial charge is 0.418 e. The number of alkyl halides is 3. The second-order valence-corrected chi connectivity index (χ2v) is 7.90. The first kappa shape index (κ1) is 23.4. The van der Waals surface area contributed by atoms with Gasteiger partial charge in [-0.05, 0) is 24.3 Å². The lowest BCUT2D eigenvalue weighted by atomic mass is 10.1. The van der Waals surface area contributed by atoms with Crippen LogP contribution in [0, 0.1) is 0 Å². The first-order chi connectivity index (χ1) is 16.3. The molecular weight excluding hydrogens is 451 g/mol. The van der Waals surface area contributed by atoms with E-state index >= 15 is 0 Å². The number of nitrogens with zero attached hydrogens (tertiary/aromatic N) is 3. The van der Waals surface area contributed by atoms with Gasteiger partial charge in [0.1, 0.15) is 11.8 Å². The van der Waals surface area contributed by atoms with Crippen molar-refractivity contribution in [1.29, 1.82) is 0 Å². The largest absolute Gasteiger partial charge is 0.495 e. The summed E-state index contributed by atoms with van der Waals surface area (Å²) in [5.41, 5.74) is -0.367. The van der Waals surface area contributed by atoms with Gasteiger partial charge < -0.3 is 19.9 Å². The van der Waals surface area contributed by atoms with Crippen LogP contribution in [0.25, 0.3) is 0 Å². The predicted octanol–water partition coefficient (Wildman–Crippen LogP) is 2.72. The Morgan fingerprint density at radius 1 is 1.06 bits per heavy atom. The maximum absolute atomic E-state index is 13.2. The predicted molar refractivity (Wildman–Crippen MR) is 121 cm³/mol. The van der Waals surface area contributed by atoms with E-state index in [1.54, 1.807) is 7.11 Å². The number of aliphatic imine (C=N–C) groups is 1. The second kappa shape index (κ2) is 9.62. The summed E-state index contributed by atoms with van der Waals surface area (Å²) in [7, 11) is 1.61. The van der Waals surface area contributed by atoms with E-state index in [1.165, 1.54) is 18.2 Å². The lowest BCUT2D eigenvalue weighted by Gasteiger charge is -2.39. The number of methoxy groups -OCH3 is 1. The highest BCUT2D eigenvalue weighted by Gasteiger charge is 2.35. The van der Waals surface area contributed by atoms with Crippen molar-refractivity contribution in [1.82, 2.24) is 10.2 Å². The molecule has 0 aliphatic carbocycles. The summed E-state index contributed by atoms with van der Waals surface area (Å²) in [4.78, 5) is 33.4. The van der Waals surface area contributed by atoms with Gasteiger partial charge in [0.15, 0.2) is 0 Å². The number of rotatable bonds is 4. The molecule has 2 aliphatic rings. The first-order valence-corrected chi connectivity index (χ1v) is 10.7. The zero-order valence-electron chi connectivity index (χ0n) is 18.4. The van der Waals surface area contributed by atoms with E-state index in [-0.39, 0.29) is 18.1 Å². The van der Waals surface area contributed by atoms with Gasteiger partial charge in [0.25, 0.3) is 0 Å². The molecule has 2 aliphatic heterocycles. The fourth-order valence-corrected chi connectivity index (χ4v) is 3.99. The number of hydrogen-bond donors (Lipinski definition) is 2.